The van der Waals surface area contributed by atoms with E-state index in [4.69, 9.17) is 14.9 Å². The number of nitrogens with two attached hydrogens (primary N) is 1. The van der Waals surface area contributed by atoms with Crippen molar-refractivity contribution in [3.05, 3.63) is 66.4 Å². The Morgan fingerprint density at radius 2 is 1.82 bits per heavy atom. The van der Waals surface area contributed by atoms with Gasteiger partial charge in [-0.3, -0.25) is 4.72 Å². The fourth-order valence-electron chi connectivity index (χ4n) is 3.62. The van der Waals surface area contributed by atoms with Crippen LogP contribution in [0.3, 0.4) is 0 Å². The second kappa shape index (κ2) is 7.96. The van der Waals surface area contributed by atoms with E-state index in [1.807, 2.05) is 12.1 Å². The normalized spacial score (nSPS) is 11.7. The van der Waals surface area contributed by atoms with Crippen LogP contribution in [0.25, 0.3) is 33.1 Å². The Bertz CT molecular complexity index is 1670. The van der Waals surface area contributed by atoms with Gasteiger partial charge in [-0.2, -0.15) is 0 Å². The molecule has 3 N–H and O–H groups in total. The summed E-state index contributed by atoms with van der Waals surface area (Å²) in [5, 5.41) is 0.701. The zero-order valence-electron chi connectivity index (χ0n) is 18.0. The van der Waals surface area contributed by atoms with Crippen molar-refractivity contribution in [2.75, 3.05) is 17.6 Å². The van der Waals surface area contributed by atoms with Crippen molar-refractivity contribution in [2.24, 2.45) is 0 Å². The number of nitrogen functional groups attached to an aromatic ring is 1. The van der Waals surface area contributed by atoms with Crippen molar-refractivity contribution in [1.82, 2.24) is 15.0 Å². The highest BCUT2D eigenvalue weighted by Crippen LogP contribution is 2.34. The molecular formula is C23H18FN5O4S. The highest BCUT2D eigenvalue weighted by molar-refractivity contribution is 7.92. The van der Waals surface area contributed by atoms with E-state index in [9.17, 15) is 12.8 Å². The van der Waals surface area contributed by atoms with E-state index in [0.717, 1.165) is 17.7 Å². The molecule has 34 heavy (non-hydrogen) atoms. The molecule has 0 saturated carbocycles. The molecule has 0 atom stereocenters. The number of anilines is 2. The molecule has 0 fully saturated rings. The van der Waals surface area contributed by atoms with Crippen molar-refractivity contribution < 1.29 is 22.0 Å². The van der Waals surface area contributed by atoms with Crippen LogP contribution in [0.15, 0.2) is 64.0 Å². The number of benzene rings is 2. The first-order valence-corrected chi connectivity index (χ1v) is 11.5. The maximum atomic E-state index is 13.2. The number of nitrogens with zero attached hydrogens (tertiary/aromatic N) is 3. The van der Waals surface area contributed by atoms with E-state index < -0.39 is 15.8 Å². The van der Waals surface area contributed by atoms with E-state index in [1.165, 1.54) is 19.2 Å². The summed E-state index contributed by atoms with van der Waals surface area (Å²) < 4.78 is 52.3. The molecule has 172 valence electrons. The number of nitrogens with one attached hydrogen (secondary N) is 1. The third-order valence-electron chi connectivity index (χ3n) is 5.20. The van der Waals surface area contributed by atoms with Crippen LogP contribution in [0, 0.1) is 12.7 Å². The number of ether oxygens (including phenoxy) is 1. The van der Waals surface area contributed by atoms with Crippen LogP contribution in [0.5, 0.6) is 5.88 Å². The number of aromatic nitrogens is 3. The Balaban J connectivity index is 1.60. The molecule has 0 saturated heterocycles. The molecule has 2 aromatic carbocycles. The van der Waals surface area contributed by atoms with Gasteiger partial charge in [0.25, 0.3) is 10.0 Å². The van der Waals surface area contributed by atoms with Gasteiger partial charge in [-0.1, -0.05) is 6.07 Å². The summed E-state index contributed by atoms with van der Waals surface area (Å²) >= 11 is 0. The van der Waals surface area contributed by atoms with E-state index >= 15 is 0 Å². The Morgan fingerprint density at radius 3 is 2.56 bits per heavy atom. The molecule has 0 aliphatic carbocycles. The minimum atomic E-state index is -4.01. The first-order valence-electron chi connectivity index (χ1n) is 10.0. The lowest BCUT2D eigenvalue weighted by Crippen LogP contribution is -2.14. The summed E-state index contributed by atoms with van der Waals surface area (Å²) in [5.41, 5.74) is 9.09. The molecule has 5 aromatic rings. The molecule has 5 rings (SSSR count). The minimum Gasteiger partial charge on any atom is -0.480 e. The van der Waals surface area contributed by atoms with Crippen molar-refractivity contribution in [3.63, 3.8) is 0 Å². The fraction of sp³-hybridized carbons (Fsp3) is 0.0870. The number of fused-ring (bicyclic) bond motifs is 3. The number of sulfonamides is 1. The molecule has 0 radical (unpaired) electrons. The predicted molar refractivity (Wildman–Crippen MR) is 125 cm³/mol. The first kappa shape index (κ1) is 21.6. The van der Waals surface area contributed by atoms with E-state index in [-0.39, 0.29) is 22.3 Å². The molecule has 11 heteroatoms. The van der Waals surface area contributed by atoms with Gasteiger partial charge >= 0.3 is 0 Å². The highest BCUT2D eigenvalue weighted by Gasteiger charge is 2.19. The van der Waals surface area contributed by atoms with E-state index in [2.05, 4.69) is 19.7 Å². The van der Waals surface area contributed by atoms with Crippen molar-refractivity contribution in [3.8, 4) is 17.0 Å². The molecule has 0 amide bonds. The molecule has 0 bridgehead atoms. The molecule has 0 aliphatic heterocycles. The van der Waals surface area contributed by atoms with Gasteiger partial charge in [-0.25, -0.2) is 27.8 Å². The van der Waals surface area contributed by atoms with Gasteiger partial charge in [0.2, 0.25) is 5.88 Å². The number of methoxy groups -OCH3 is 1. The number of rotatable bonds is 5. The van der Waals surface area contributed by atoms with Gasteiger partial charge in [-0.05, 0) is 48.0 Å². The molecule has 0 spiro atoms. The molecular weight excluding hydrogens is 461 g/mol. The number of halogens is 1. The standard InChI is InChI=1S/C23H18FN5O4S/c1-12-27-20-21(33-12)17-9-13(3-8-18(17)28-22(20)25)14-10-19(23(32-2)26-11-14)29-34(30,31)16-6-4-15(24)5-7-16/h3-11,29H,1-2H3,(H2,25,28). The van der Waals surface area contributed by atoms with E-state index in [0.29, 0.717) is 33.5 Å². The first-order chi connectivity index (χ1) is 16.2. The molecule has 9 nitrogen and oxygen atoms in total. The number of pyridine rings is 2. The zero-order chi connectivity index (χ0) is 24.0. The van der Waals surface area contributed by atoms with Crippen LogP contribution in [0.1, 0.15) is 5.89 Å². The lowest BCUT2D eigenvalue weighted by atomic mass is 10.0. The summed E-state index contributed by atoms with van der Waals surface area (Å²) in [7, 11) is -2.63. The fourth-order valence-corrected chi connectivity index (χ4v) is 4.67. The largest absolute Gasteiger partial charge is 0.480 e. The maximum absolute atomic E-state index is 13.2. The molecule has 0 aliphatic rings. The maximum Gasteiger partial charge on any atom is 0.262 e. The van der Waals surface area contributed by atoms with Crippen molar-refractivity contribution >= 4 is 43.5 Å². The van der Waals surface area contributed by atoms with Crippen LogP contribution in [0.2, 0.25) is 0 Å². The van der Waals surface area contributed by atoms with Crippen LogP contribution in [-0.2, 0) is 10.0 Å². The van der Waals surface area contributed by atoms with Crippen LogP contribution < -0.4 is 15.2 Å². The minimum absolute atomic E-state index is 0.0814. The number of oxazole rings is 1. The number of hydrogen-bond donors (Lipinski definition) is 2. The molecule has 0 unspecified atom stereocenters. The van der Waals surface area contributed by atoms with Crippen LogP contribution >= 0.6 is 0 Å². The van der Waals surface area contributed by atoms with Gasteiger partial charge in [0.15, 0.2) is 22.8 Å². The highest BCUT2D eigenvalue weighted by atomic mass is 32.2. The van der Waals surface area contributed by atoms with Gasteiger partial charge < -0.3 is 14.9 Å². The topological polar surface area (TPSA) is 133 Å². The second-order valence-corrected chi connectivity index (χ2v) is 9.16. The van der Waals surface area contributed by atoms with Crippen molar-refractivity contribution in [1.29, 1.82) is 0 Å². The summed E-state index contributed by atoms with van der Waals surface area (Å²) in [6, 6.07) is 11.5. The average molecular weight is 479 g/mol. The second-order valence-electron chi connectivity index (χ2n) is 7.48. The lowest BCUT2D eigenvalue weighted by Gasteiger charge is -2.13. The Morgan fingerprint density at radius 1 is 1.06 bits per heavy atom. The monoisotopic (exact) mass is 479 g/mol. The van der Waals surface area contributed by atoms with Crippen molar-refractivity contribution in [2.45, 2.75) is 11.8 Å². The number of hydrogen-bond acceptors (Lipinski definition) is 8. The Kier molecular flexibility index (Phi) is 5.05. The number of aryl methyl sites for hydroxylation is 1. The quantitative estimate of drug-likeness (QED) is 0.382. The smallest absolute Gasteiger partial charge is 0.262 e. The Labute approximate surface area is 193 Å². The summed E-state index contributed by atoms with van der Waals surface area (Å²) in [5.74, 6) is 0.280. The third-order valence-corrected chi connectivity index (χ3v) is 6.59. The zero-order valence-corrected chi connectivity index (χ0v) is 18.9. The SMILES string of the molecule is COc1ncc(-c2ccc3nc(N)c4nc(C)oc4c3c2)cc1NS(=O)(=O)c1ccc(F)cc1. The van der Waals surface area contributed by atoms with Crippen LogP contribution in [0.4, 0.5) is 15.9 Å². The summed E-state index contributed by atoms with van der Waals surface area (Å²) in [4.78, 5) is 12.8. The third kappa shape index (κ3) is 3.75. The van der Waals surface area contributed by atoms with Gasteiger partial charge in [0, 0.05) is 24.1 Å². The predicted octanol–water partition coefficient (Wildman–Crippen LogP) is 4.28. The molecule has 3 aromatic heterocycles. The average Bonchev–Trinajstić information content (AvgIpc) is 3.21. The van der Waals surface area contributed by atoms with Gasteiger partial charge in [0.05, 0.1) is 17.5 Å². The Hall–Kier alpha value is -4.25. The van der Waals surface area contributed by atoms with Gasteiger partial charge in [0.1, 0.15) is 11.5 Å². The lowest BCUT2D eigenvalue weighted by molar-refractivity contribution is 0.400. The van der Waals surface area contributed by atoms with Gasteiger partial charge in [-0.15, -0.1) is 0 Å². The molecule has 3 heterocycles. The summed E-state index contributed by atoms with van der Waals surface area (Å²) in [6.07, 6.45) is 1.56. The van der Waals surface area contributed by atoms with E-state index in [1.54, 1.807) is 25.3 Å². The van der Waals surface area contributed by atoms with Crippen LogP contribution in [-0.4, -0.2) is 30.5 Å². The summed E-state index contributed by atoms with van der Waals surface area (Å²) in [6.45, 7) is 1.72.